The fourth-order valence-corrected chi connectivity index (χ4v) is 2.46. The van der Waals surface area contributed by atoms with Crippen molar-refractivity contribution in [1.29, 1.82) is 0 Å². The minimum atomic E-state index is -1.05. The fourth-order valence-electron chi connectivity index (χ4n) is 2.46. The van der Waals surface area contributed by atoms with Gasteiger partial charge in [0.2, 0.25) is 0 Å². The SMILES string of the molecule is Cc1ccc(C(=O)O)cc1C(=O)c1cccc2ccncc12. The Kier molecular flexibility index (Phi) is 3.43. The van der Waals surface area contributed by atoms with E-state index in [9.17, 15) is 9.59 Å². The molecule has 0 fully saturated rings. The number of carbonyl (C=O) groups excluding carboxylic acids is 1. The molecular formula is C18H13NO3. The van der Waals surface area contributed by atoms with Crippen molar-refractivity contribution in [3.05, 3.63) is 77.1 Å². The van der Waals surface area contributed by atoms with Crippen molar-refractivity contribution in [3.8, 4) is 0 Å². The molecule has 1 aromatic heterocycles. The van der Waals surface area contributed by atoms with Crippen molar-refractivity contribution in [2.45, 2.75) is 6.92 Å². The van der Waals surface area contributed by atoms with Gasteiger partial charge in [-0.1, -0.05) is 24.3 Å². The molecule has 0 bridgehead atoms. The molecule has 0 saturated heterocycles. The molecule has 1 heterocycles. The Morgan fingerprint density at radius 3 is 2.64 bits per heavy atom. The molecular weight excluding hydrogens is 278 g/mol. The standard InChI is InChI=1S/C18H13NO3/c1-11-5-6-13(18(21)22)9-15(11)17(20)14-4-2-3-12-7-8-19-10-16(12)14/h2-10H,1H3,(H,21,22). The van der Waals surface area contributed by atoms with Gasteiger partial charge < -0.3 is 5.11 Å². The van der Waals surface area contributed by atoms with E-state index in [1.54, 1.807) is 31.5 Å². The third-order valence-electron chi connectivity index (χ3n) is 3.66. The summed E-state index contributed by atoms with van der Waals surface area (Å²) in [6.45, 7) is 1.79. The molecule has 3 rings (SSSR count). The summed E-state index contributed by atoms with van der Waals surface area (Å²) in [6.07, 6.45) is 3.33. The van der Waals surface area contributed by atoms with E-state index in [1.165, 1.54) is 12.1 Å². The Morgan fingerprint density at radius 2 is 1.86 bits per heavy atom. The molecule has 2 aromatic carbocycles. The van der Waals surface area contributed by atoms with Crippen LogP contribution in [0.5, 0.6) is 0 Å². The van der Waals surface area contributed by atoms with Gasteiger partial charge in [-0.05, 0) is 36.1 Å². The van der Waals surface area contributed by atoms with Crippen molar-refractivity contribution in [2.75, 3.05) is 0 Å². The van der Waals surface area contributed by atoms with Crippen LogP contribution in [0.2, 0.25) is 0 Å². The number of nitrogens with zero attached hydrogens (tertiary/aromatic N) is 1. The number of rotatable bonds is 3. The molecule has 0 aliphatic heterocycles. The number of ketones is 1. The first-order valence-corrected chi connectivity index (χ1v) is 6.79. The Hall–Kier alpha value is -3.01. The zero-order valence-corrected chi connectivity index (χ0v) is 11.9. The number of aromatic nitrogens is 1. The summed E-state index contributed by atoms with van der Waals surface area (Å²) in [5.41, 5.74) is 1.77. The number of hydrogen-bond acceptors (Lipinski definition) is 3. The molecule has 0 unspecified atom stereocenters. The van der Waals surface area contributed by atoms with Crippen LogP contribution in [-0.4, -0.2) is 21.8 Å². The summed E-state index contributed by atoms with van der Waals surface area (Å²) in [5, 5.41) is 10.8. The normalized spacial score (nSPS) is 10.6. The van der Waals surface area contributed by atoms with Gasteiger partial charge in [-0.15, -0.1) is 0 Å². The van der Waals surface area contributed by atoms with E-state index >= 15 is 0 Å². The minimum Gasteiger partial charge on any atom is -0.478 e. The van der Waals surface area contributed by atoms with Gasteiger partial charge in [0.15, 0.2) is 5.78 Å². The maximum Gasteiger partial charge on any atom is 0.335 e. The average Bonchev–Trinajstić information content (AvgIpc) is 2.54. The molecule has 0 saturated carbocycles. The largest absolute Gasteiger partial charge is 0.478 e. The lowest BCUT2D eigenvalue weighted by atomic mass is 9.94. The second-order valence-electron chi connectivity index (χ2n) is 5.07. The van der Waals surface area contributed by atoms with Crippen LogP contribution in [0.15, 0.2) is 54.9 Å². The number of carbonyl (C=O) groups is 2. The molecule has 22 heavy (non-hydrogen) atoms. The summed E-state index contributed by atoms with van der Waals surface area (Å²) >= 11 is 0. The maximum absolute atomic E-state index is 12.8. The van der Waals surface area contributed by atoms with E-state index in [2.05, 4.69) is 4.98 Å². The molecule has 1 N–H and O–H groups in total. The topological polar surface area (TPSA) is 67.3 Å². The first-order chi connectivity index (χ1) is 10.6. The van der Waals surface area contributed by atoms with Crippen LogP contribution in [0.25, 0.3) is 10.8 Å². The average molecular weight is 291 g/mol. The second-order valence-corrected chi connectivity index (χ2v) is 5.07. The fraction of sp³-hybridized carbons (Fsp3) is 0.0556. The summed E-state index contributed by atoms with van der Waals surface area (Å²) in [6, 6.07) is 11.9. The molecule has 108 valence electrons. The molecule has 0 atom stereocenters. The van der Waals surface area contributed by atoms with E-state index in [0.717, 1.165) is 16.3 Å². The van der Waals surface area contributed by atoms with Crippen LogP contribution in [0.4, 0.5) is 0 Å². The van der Waals surface area contributed by atoms with E-state index in [4.69, 9.17) is 5.11 Å². The number of benzene rings is 2. The van der Waals surface area contributed by atoms with Gasteiger partial charge in [0.05, 0.1) is 5.56 Å². The van der Waals surface area contributed by atoms with Crippen LogP contribution in [0.1, 0.15) is 31.8 Å². The number of carboxylic acids is 1. The van der Waals surface area contributed by atoms with Crippen LogP contribution in [-0.2, 0) is 0 Å². The van der Waals surface area contributed by atoms with Crippen molar-refractivity contribution in [2.24, 2.45) is 0 Å². The van der Waals surface area contributed by atoms with Gasteiger partial charge >= 0.3 is 5.97 Å². The van der Waals surface area contributed by atoms with Crippen molar-refractivity contribution >= 4 is 22.5 Å². The van der Waals surface area contributed by atoms with Crippen molar-refractivity contribution in [1.82, 2.24) is 4.98 Å². The highest BCUT2D eigenvalue weighted by Crippen LogP contribution is 2.22. The molecule has 3 aromatic rings. The Bertz CT molecular complexity index is 894. The van der Waals surface area contributed by atoms with Gasteiger partial charge in [0.1, 0.15) is 0 Å². The lowest BCUT2D eigenvalue weighted by Crippen LogP contribution is -2.07. The predicted octanol–water partition coefficient (Wildman–Crippen LogP) is 3.47. The summed E-state index contributed by atoms with van der Waals surface area (Å²) < 4.78 is 0. The van der Waals surface area contributed by atoms with E-state index in [1.807, 2.05) is 18.2 Å². The number of carboxylic acid groups (broad SMARTS) is 1. The monoisotopic (exact) mass is 291 g/mol. The summed E-state index contributed by atoms with van der Waals surface area (Å²) in [7, 11) is 0. The zero-order valence-electron chi connectivity index (χ0n) is 11.9. The highest BCUT2D eigenvalue weighted by molar-refractivity contribution is 6.17. The number of fused-ring (bicyclic) bond motifs is 1. The molecule has 0 radical (unpaired) electrons. The number of aryl methyl sites for hydroxylation is 1. The molecule has 4 nitrogen and oxygen atoms in total. The van der Waals surface area contributed by atoms with Crippen LogP contribution in [0.3, 0.4) is 0 Å². The lowest BCUT2D eigenvalue weighted by molar-refractivity contribution is 0.0697. The number of pyridine rings is 1. The first-order valence-electron chi connectivity index (χ1n) is 6.79. The summed E-state index contributed by atoms with van der Waals surface area (Å²) in [4.78, 5) is 28.0. The van der Waals surface area contributed by atoms with E-state index in [0.29, 0.717) is 11.1 Å². The van der Waals surface area contributed by atoms with Crippen LogP contribution in [0, 0.1) is 6.92 Å². The van der Waals surface area contributed by atoms with Crippen molar-refractivity contribution < 1.29 is 14.7 Å². The molecule has 0 amide bonds. The van der Waals surface area contributed by atoms with Gasteiger partial charge in [0, 0.05) is 28.9 Å². The molecule has 0 aliphatic rings. The Balaban J connectivity index is 2.18. The minimum absolute atomic E-state index is 0.104. The quantitative estimate of drug-likeness (QED) is 0.750. The molecule has 4 heteroatoms. The zero-order chi connectivity index (χ0) is 15.7. The van der Waals surface area contributed by atoms with Gasteiger partial charge in [-0.25, -0.2) is 4.79 Å². The molecule has 0 spiro atoms. The number of hydrogen-bond donors (Lipinski definition) is 1. The first kappa shape index (κ1) is 13.9. The number of aromatic carboxylic acids is 1. The third-order valence-corrected chi connectivity index (χ3v) is 3.66. The smallest absolute Gasteiger partial charge is 0.335 e. The molecule has 0 aliphatic carbocycles. The van der Waals surface area contributed by atoms with Crippen LogP contribution >= 0.6 is 0 Å². The van der Waals surface area contributed by atoms with Crippen molar-refractivity contribution in [3.63, 3.8) is 0 Å². The second kappa shape index (κ2) is 5.41. The predicted molar refractivity (Wildman–Crippen MR) is 83.3 cm³/mol. The highest BCUT2D eigenvalue weighted by atomic mass is 16.4. The third kappa shape index (κ3) is 2.35. The lowest BCUT2D eigenvalue weighted by Gasteiger charge is -2.09. The Labute approximate surface area is 127 Å². The van der Waals surface area contributed by atoms with Gasteiger partial charge in [0.25, 0.3) is 0 Å². The highest BCUT2D eigenvalue weighted by Gasteiger charge is 2.16. The maximum atomic E-state index is 12.8. The van der Waals surface area contributed by atoms with E-state index in [-0.39, 0.29) is 11.3 Å². The Morgan fingerprint density at radius 1 is 1.05 bits per heavy atom. The van der Waals surface area contributed by atoms with Crippen LogP contribution < -0.4 is 0 Å². The van der Waals surface area contributed by atoms with E-state index < -0.39 is 5.97 Å². The van der Waals surface area contributed by atoms with Gasteiger partial charge in [-0.3, -0.25) is 9.78 Å². The summed E-state index contributed by atoms with van der Waals surface area (Å²) in [5.74, 6) is -1.24. The van der Waals surface area contributed by atoms with Gasteiger partial charge in [-0.2, -0.15) is 0 Å².